The summed E-state index contributed by atoms with van der Waals surface area (Å²) in [5, 5.41) is 2.36. The minimum Gasteiger partial charge on any atom is -0.309 e. The minimum absolute atomic E-state index is 0.0988. The van der Waals surface area contributed by atoms with Crippen LogP contribution in [-0.4, -0.2) is 19.5 Å². The number of pyridine rings is 3. The molecule has 7 aromatic rings. The van der Waals surface area contributed by atoms with Crippen molar-refractivity contribution in [2.75, 3.05) is 0 Å². The lowest BCUT2D eigenvalue weighted by Crippen LogP contribution is -2.10. The predicted octanol–water partition coefficient (Wildman–Crippen LogP) is 9.27. The Bertz CT molecular complexity index is 1940. The van der Waals surface area contributed by atoms with Gasteiger partial charge in [0.05, 0.1) is 28.1 Å². The van der Waals surface area contributed by atoms with E-state index in [-0.39, 0.29) is 5.41 Å². The van der Waals surface area contributed by atoms with E-state index in [4.69, 9.17) is 4.98 Å². The van der Waals surface area contributed by atoms with Gasteiger partial charge in [0, 0.05) is 40.6 Å². The van der Waals surface area contributed by atoms with Gasteiger partial charge in [-0.3, -0.25) is 9.97 Å². The molecule has 41 heavy (non-hydrogen) atoms. The molecule has 4 nitrogen and oxygen atoms in total. The van der Waals surface area contributed by atoms with Crippen molar-refractivity contribution >= 4 is 21.8 Å². The Labute approximate surface area is 240 Å². The molecule has 4 heterocycles. The Hall–Kier alpha value is -5.09. The molecule has 3 aromatic carbocycles. The average Bonchev–Trinajstić information content (AvgIpc) is 3.35. The highest BCUT2D eigenvalue weighted by atomic mass is 15.0. The molecule has 0 atom stereocenters. The number of rotatable bonds is 4. The van der Waals surface area contributed by atoms with E-state index in [2.05, 4.69) is 126 Å². The summed E-state index contributed by atoms with van der Waals surface area (Å²) in [7, 11) is 0. The quantitative estimate of drug-likeness (QED) is 0.228. The number of nitrogens with zero attached hydrogens (tertiary/aromatic N) is 4. The maximum Gasteiger partial charge on any atom is 0.0899 e. The molecule has 0 saturated carbocycles. The Morgan fingerprint density at radius 3 is 2.02 bits per heavy atom. The van der Waals surface area contributed by atoms with Crippen molar-refractivity contribution < 1.29 is 0 Å². The Kier molecular flexibility index (Phi) is 5.97. The van der Waals surface area contributed by atoms with Crippen LogP contribution in [0.25, 0.3) is 61.3 Å². The SMILES string of the molecule is CC(C)(C)c1ccc(-c2cc(-c3ccc(-n4c5ccccc5c5cnccc54)cc3)cc(-c3ccccn3)n2)cc1. The van der Waals surface area contributed by atoms with Crippen molar-refractivity contribution in [2.24, 2.45) is 0 Å². The largest absolute Gasteiger partial charge is 0.309 e. The molecular formula is C37H30N4. The zero-order valence-corrected chi connectivity index (χ0v) is 23.4. The molecule has 198 valence electrons. The van der Waals surface area contributed by atoms with Gasteiger partial charge in [-0.1, -0.05) is 81.4 Å². The molecule has 4 aromatic heterocycles. The first-order valence-electron chi connectivity index (χ1n) is 13.9. The predicted molar refractivity (Wildman–Crippen MR) is 169 cm³/mol. The molecule has 0 aliphatic rings. The van der Waals surface area contributed by atoms with Gasteiger partial charge < -0.3 is 4.57 Å². The average molecular weight is 531 g/mol. The fourth-order valence-electron chi connectivity index (χ4n) is 5.53. The second kappa shape index (κ2) is 9.83. The van der Waals surface area contributed by atoms with E-state index in [1.807, 2.05) is 36.8 Å². The molecular weight excluding hydrogens is 500 g/mol. The van der Waals surface area contributed by atoms with Crippen LogP contribution in [0.15, 0.2) is 128 Å². The molecule has 0 aliphatic carbocycles. The third-order valence-corrected chi connectivity index (χ3v) is 7.73. The van der Waals surface area contributed by atoms with Crippen LogP contribution in [-0.2, 0) is 5.41 Å². The van der Waals surface area contributed by atoms with Crippen molar-refractivity contribution in [1.82, 2.24) is 19.5 Å². The highest BCUT2D eigenvalue weighted by Crippen LogP contribution is 2.34. The lowest BCUT2D eigenvalue weighted by molar-refractivity contribution is 0.590. The standard InChI is InChI=1S/C37H30N4/c1-37(2,3)28-15-11-26(12-16-28)33-22-27(23-34(40-33)32-9-6-7-20-39-32)25-13-17-29(18-14-25)41-35-10-5-4-8-30(35)31-24-38-21-19-36(31)41/h4-24H,1-3H3. The van der Waals surface area contributed by atoms with E-state index in [1.165, 1.54) is 16.5 Å². The van der Waals surface area contributed by atoms with Crippen molar-refractivity contribution in [3.8, 4) is 39.5 Å². The molecule has 4 heteroatoms. The van der Waals surface area contributed by atoms with Crippen LogP contribution in [0.2, 0.25) is 0 Å². The Balaban J connectivity index is 1.34. The summed E-state index contributed by atoms with van der Waals surface area (Å²) in [5.41, 5.74) is 10.8. The van der Waals surface area contributed by atoms with Crippen molar-refractivity contribution in [3.63, 3.8) is 0 Å². The lowest BCUT2D eigenvalue weighted by Gasteiger charge is -2.19. The van der Waals surface area contributed by atoms with Gasteiger partial charge in [-0.05, 0) is 70.6 Å². The van der Waals surface area contributed by atoms with Gasteiger partial charge in [0.2, 0.25) is 0 Å². The molecule has 0 bridgehead atoms. The van der Waals surface area contributed by atoms with Crippen LogP contribution in [0.3, 0.4) is 0 Å². The van der Waals surface area contributed by atoms with Gasteiger partial charge in [-0.15, -0.1) is 0 Å². The second-order valence-corrected chi connectivity index (χ2v) is 11.5. The minimum atomic E-state index is 0.0988. The first-order valence-corrected chi connectivity index (χ1v) is 13.9. The third kappa shape index (κ3) is 4.57. The highest BCUT2D eigenvalue weighted by molar-refractivity contribution is 6.08. The lowest BCUT2D eigenvalue weighted by atomic mass is 9.86. The Morgan fingerprint density at radius 2 is 1.27 bits per heavy atom. The molecule has 0 radical (unpaired) electrons. The fourth-order valence-corrected chi connectivity index (χ4v) is 5.53. The fraction of sp³-hybridized carbons (Fsp3) is 0.108. The second-order valence-electron chi connectivity index (χ2n) is 11.5. The number of aromatic nitrogens is 4. The van der Waals surface area contributed by atoms with Crippen molar-refractivity contribution in [1.29, 1.82) is 0 Å². The van der Waals surface area contributed by atoms with Crippen LogP contribution >= 0.6 is 0 Å². The number of benzene rings is 3. The van der Waals surface area contributed by atoms with Crippen molar-refractivity contribution in [2.45, 2.75) is 26.2 Å². The van der Waals surface area contributed by atoms with Crippen LogP contribution in [0, 0.1) is 0 Å². The Morgan fingerprint density at radius 1 is 0.561 bits per heavy atom. The first-order chi connectivity index (χ1) is 20.0. The summed E-state index contributed by atoms with van der Waals surface area (Å²) in [6.07, 6.45) is 5.63. The monoisotopic (exact) mass is 530 g/mol. The molecule has 0 saturated heterocycles. The molecule has 0 unspecified atom stereocenters. The number of fused-ring (bicyclic) bond motifs is 3. The van der Waals surface area contributed by atoms with Gasteiger partial charge >= 0.3 is 0 Å². The highest BCUT2D eigenvalue weighted by Gasteiger charge is 2.15. The summed E-state index contributed by atoms with van der Waals surface area (Å²) in [5.74, 6) is 0. The van der Waals surface area contributed by atoms with E-state index < -0.39 is 0 Å². The maximum atomic E-state index is 5.05. The summed E-state index contributed by atoms with van der Waals surface area (Å²) in [6.45, 7) is 6.71. The van der Waals surface area contributed by atoms with Gasteiger partial charge in [0.25, 0.3) is 0 Å². The normalized spacial score (nSPS) is 11.8. The number of hydrogen-bond acceptors (Lipinski definition) is 3. The molecule has 0 N–H and O–H groups in total. The summed E-state index contributed by atoms with van der Waals surface area (Å²) < 4.78 is 2.31. The maximum absolute atomic E-state index is 5.05. The van der Waals surface area contributed by atoms with E-state index >= 15 is 0 Å². The van der Waals surface area contributed by atoms with E-state index in [0.717, 1.165) is 50.4 Å². The van der Waals surface area contributed by atoms with E-state index in [0.29, 0.717) is 0 Å². The summed E-state index contributed by atoms with van der Waals surface area (Å²) >= 11 is 0. The summed E-state index contributed by atoms with van der Waals surface area (Å²) in [6, 6.07) is 38.4. The van der Waals surface area contributed by atoms with Crippen LogP contribution < -0.4 is 0 Å². The van der Waals surface area contributed by atoms with E-state index in [1.54, 1.807) is 0 Å². The molecule has 0 aliphatic heterocycles. The van der Waals surface area contributed by atoms with Crippen molar-refractivity contribution in [3.05, 3.63) is 133 Å². The summed E-state index contributed by atoms with van der Waals surface area (Å²) in [4.78, 5) is 14.0. The third-order valence-electron chi connectivity index (χ3n) is 7.73. The van der Waals surface area contributed by atoms with Gasteiger partial charge in [-0.25, -0.2) is 4.98 Å². The van der Waals surface area contributed by atoms with Crippen LogP contribution in [0.4, 0.5) is 0 Å². The molecule has 7 rings (SSSR count). The van der Waals surface area contributed by atoms with Crippen LogP contribution in [0.5, 0.6) is 0 Å². The molecule has 0 spiro atoms. The number of para-hydroxylation sites is 1. The number of hydrogen-bond donors (Lipinski definition) is 0. The van der Waals surface area contributed by atoms with Crippen LogP contribution in [0.1, 0.15) is 26.3 Å². The van der Waals surface area contributed by atoms with Gasteiger partial charge in [0.1, 0.15) is 0 Å². The smallest absolute Gasteiger partial charge is 0.0899 e. The molecule has 0 fully saturated rings. The molecule has 0 amide bonds. The zero-order chi connectivity index (χ0) is 28.0. The zero-order valence-electron chi connectivity index (χ0n) is 23.4. The van der Waals surface area contributed by atoms with E-state index in [9.17, 15) is 0 Å². The first kappa shape index (κ1) is 24.9. The van der Waals surface area contributed by atoms with Gasteiger partial charge in [0.15, 0.2) is 0 Å². The van der Waals surface area contributed by atoms with Gasteiger partial charge in [-0.2, -0.15) is 0 Å². The topological polar surface area (TPSA) is 43.6 Å².